The highest BCUT2D eigenvalue weighted by atomic mass is 32.1. The van der Waals surface area contributed by atoms with Crippen molar-refractivity contribution in [2.75, 3.05) is 0 Å². The summed E-state index contributed by atoms with van der Waals surface area (Å²) >= 11 is 1.18. The summed E-state index contributed by atoms with van der Waals surface area (Å²) in [5.74, 6) is -0.180. The molecule has 1 aromatic heterocycles. The molecule has 0 aliphatic heterocycles. The molecule has 0 saturated heterocycles. The van der Waals surface area contributed by atoms with Gasteiger partial charge in [0, 0.05) is 5.38 Å². The highest BCUT2D eigenvalue weighted by Crippen LogP contribution is 2.33. The number of aryl methyl sites for hydroxylation is 1. The van der Waals surface area contributed by atoms with Crippen LogP contribution in [-0.4, -0.2) is 15.5 Å². The fourth-order valence-electron chi connectivity index (χ4n) is 2.12. The number of hydrogen-bond donors (Lipinski definition) is 1. The van der Waals surface area contributed by atoms with E-state index in [1.165, 1.54) is 17.1 Å². The van der Waals surface area contributed by atoms with Gasteiger partial charge < -0.3 is 5.32 Å². The number of carbonyl (C=O) groups is 1. The average Bonchev–Trinajstić information content (AvgIpc) is 2.88. The maximum Gasteiger partial charge on any atom is 0.273 e. The Morgan fingerprint density at radius 2 is 2.10 bits per heavy atom. The van der Waals surface area contributed by atoms with Gasteiger partial charge >= 0.3 is 0 Å². The summed E-state index contributed by atoms with van der Waals surface area (Å²) < 4.78 is 3.73. The lowest BCUT2D eigenvalue weighted by Crippen LogP contribution is -2.36. The number of amides is 1. The Balaban J connectivity index is 2.28. The van der Waals surface area contributed by atoms with Gasteiger partial charge in [0.1, 0.15) is 0 Å². The van der Waals surface area contributed by atoms with Crippen LogP contribution in [0.3, 0.4) is 0 Å². The van der Waals surface area contributed by atoms with Crippen LogP contribution < -0.4 is 5.32 Å². The maximum absolute atomic E-state index is 12.2. The number of rotatable bonds is 3. The molecular weight excluding hydrogens is 270 g/mol. The molecule has 1 N–H and O–H groups in total. The van der Waals surface area contributed by atoms with Crippen LogP contribution in [0.2, 0.25) is 0 Å². The van der Waals surface area contributed by atoms with Crippen molar-refractivity contribution in [1.29, 1.82) is 0 Å². The molecule has 1 amide bonds. The van der Waals surface area contributed by atoms with Crippen molar-refractivity contribution < 1.29 is 4.79 Å². The van der Waals surface area contributed by atoms with Crippen LogP contribution in [0, 0.1) is 12.3 Å². The van der Waals surface area contributed by atoms with E-state index in [0.717, 1.165) is 5.56 Å². The molecule has 2 rings (SSSR count). The molecule has 1 aromatic carbocycles. The van der Waals surface area contributed by atoms with Gasteiger partial charge in [0.15, 0.2) is 5.69 Å². The van der Waals surface area contributed by atoms with Crippen molar-refractivity contribution in [1.82, 2.24) is 14.9 Å². The second-order valence-corrected chi connectivity index (χ2v) is 6.59. The molecule has 2 aromatic rings. The van der Waals surface area contributed by atoms with E-state index in [2.05, 4.69) is 54.7 Å². The molecule has 20 heavy (non-hydrogen) atoms. The predicted molar refractivity (Wildman–Crippen MR) is 80.8 cm³/mol. The van der Waals surface area contributed by atoms with E-state index in [-0.39, 0.29) is 17.4 Å². The lowest BCUT2D eigenvalue weighted by molar-refractivity contribution is 0.0896. The molecule has 0 bridgehead atoms. The first kappa shape index (κ1) is 14.7. The van der Waals surface area contributed by atoms with E-state index in [1.807, 2.05) is 12.1 Å². The zero-order chi connectivity index (χ0) is 14.8. The standard InChI is InChI=1S/C15H19N3OS/c1-10-6-5-7-11(8-10)13(15(2,3)4)16-14(19)12-9-20-18-17-12/h5-9,13H,1-4H3,(H,16,19). The van der Waals surface area contributed by atoms with Crippen molar-refractivity contribution in [2.45, 2.75) is 33.7 Å². The van der Waals surface area contributed by atoms with Crippen molar-refractivity contribution >= 4 is 17.4 Å². The van der Waals surface area contributed by atoms with E-state index < -0.39 is 0 Å². The fraction of sp³-hybridized carbons (Fsp3) is 0.400. The van der Waals surface area contributed by atoms with Crippen LogP contribution in [0.25, 0.3) is 0 Å². The summed E-state index contributed by atoms with van der Waals surface area (Å²) in [6.45, 7) is 8.38. The molecule has 106 valence electrons. The van der Waals surface area contributed by atoms with E-state index in [4.69, 9.17) is 0 Å². The molecule has 0 fully saturated rings. The molecule has 4 nitrogen and oxygen atoms in total. The van der Waals surface area contributed by atoms with Gasteiger partial charge in [0.2, 0.25) is 0 Å². The van der Waals surface area contributed by atoms with Crippen molar-refractivity contribution in [3.63, 3.8) is 0 Å². The normalized spacial score (nSPS) is 13.0. The Labute approximate surface area is 123 Å². The number of nitrogens with one attached hydrogen (secondary N) is 1. The molecule has 5 heteroatoms. The SMILES string of the molecule is Cc1cccc(C(NC(=O)c2csnn2)C(C)(C)C)c1. The third-order valence-electron chi connectivity index (χ3n) is 3.11. The van der Waals surface area contributed by atoms with Gasteiger partial charge in [-0.1, -0.05) is 55.1 Å². The molecule has 1 unspecified atom stereocenters. The van der Waals surface area contributed by atoms with E-state index >= 15 is 0 Å². The Bertz CT molecular complexity index is 587. The van der Waals surface area contributed by atoms with Gasteiger partial charge in [-0.3, -0.25) is 4.79 Å². The molecule has 0 aliphatic carbocycles. The number of benzene rings is 1. The largest absolute Gasteiger partial charge is 0.343 e. The molecule has 0 saturated carbocycles. The minimum atomic E-state index is -0.180. The van der Waals surface area contributed by atoms with Gasteiger partial charge in [-0.2, -0.15) is 0 Å². The van der Waals surface area contributed by atoms with Crippen molar-refractivity contribution in [3.8, 4) is 0 Å². The van der Waals surface area contributed by atoms with Crippen LogP contribution in [-0.2, 0) is 0 Å². The highest BCUT2D eigenvalue weighted by molar-refractivity contribution is 7.03. The maximum atomic E-state index is 12.2. The van der Waals surface area contributed by atoms with Crippen LogP contribution >= 0.6 is 11.5 Å². The second-order valence-electron chi connectivity index (χ2n) is 5.98. The van der Waals surface area contributed by atoms with Gasteiger partial charge in [0.25, 0.3) is 5.91 Å². The summed E-state index contributed by atoms with van der Waals surface area (Å²) in [7, 11) is 0. The minimum absolute atomic E-state index is 0.0726. The Morgan fingerprint density at radius 3 is 2.65 bits per heavy atom. The van der Waals surface area contributed by atoms with Crippen LogP contribution in [0.5, 0.6) is 0 Å². The number of nitrogens with zero attached hydrogens (tertiary/aromatic N) is 2. The summed E-state index contributed by atoms with van der Waals surface area (Å²) in [4.78, 5) is 12.2. The monoisotopic (exact) mass is 289 g/mol. The predicted octanol–water partition coefficient (Wildman–Crippen LogP) is 3.36. The summed E-state index contributed by atoms with van der Waals surface area (Å²) in [6.07, 6.45) is 0. The Hall–Kier alpha value is -1.75. The number of hydrogen-bond acceptors (Lipinski definition) is 4. The molecule has 1 atom stereocenters. The highest BCUT2D eigenvalue weighted by Gasteiger charge is 2.28. The zero-order valence-corrected chi connectivity index (χ0v) is 13.0. The Kier molecular flexibility index (Phi) is 4.18. The third-order valence-corrected chi connectivity index (χ3v) is 3.61. The fourth-order valence-corrected chi connectivity index (χ4v) is 2.55. The van der Waals surface area contributed by atoms with Crippen LogP contribution in [0.15, 0.2) is 29.6 Å². The zero-order valence-electron chi connectivity index (χ0n) is 12.2. The van der Waals surface area contributed by atoms with Gasteiger partial charge in [-0.15, -0.1) is 5.10 Å². The third kappa shape index (κ3) is 3.42. The number of aromatic nitrogens is 2. The number of carbonyl (C=O) groups excluding carboxylic acids is 1. The average molecular weight is 289 g/mol. The lowest BCUT2D eigenvalue weighted by atomic mass is 9.82. The van der Waals surface area contributed by atoms with Crippen LogP contribution in [0.4, 0.5) is 0 Å². The summed E-state index contributed by atoms with van der Waals surface area (Å²) in [5, 5.41) is 8.55. The van der Waals surface area contributed by atoms with Crippen molar-refractivity contribution in [3.05, 3.63) is 46.5 Å². The van der Waals surface area contributed by atoms with Crippen LogP contribution in [0.1, 0.15) is 48.4 Å². The minimum Gasteiger partial charge on any atom is -0.343 e. The first-order chi connectivity index (χ1) is 9.38. The molecule has 0 radical (unpaired) electrons. The quantitative estimate of drug-likeness (QED) is 0.942. The summed E-state index contributed by atoms with van der Waals surface area (Å²) in [6, 6.07) is 8.14. The molecular formula is C15H19N3OS. The first-order valence-electron chi connectivity index (χ1n) is 6.52. The van der Waals surface area contributed by atoms with E-state index in [9.17, 15) is 4.79 Å². The summed E-state index contributed by atoms with van der Waals surface area (Å²) in [5.41, 5.74) is 2.57. The molecule has 0 aliphatic rings. The van der Waals surface area contributed by atoms with Gasteiger partial charge in [-0.25, -0.2) is 0 Å². The second kappa shape index (κ2) is 5.71. The smallest absolute Gasteiger partial charge is 0.273 e. The first-order valence-corrected chi connectivity index (χ1v) is 7.36. The topological polar surface area (TPSA) is 54.9 Å². The Morgan fingerprint density at radius 1 is 1.35 bits per heavy atom. The molecule has 1 heterocycles. The van der Waals surface area contributed by atoms with Gasteiger partial charge in [-0.05, 0) is 29.4 Å². The lowest BCUT2D eigenvalue weighted by Gasteiger charge is -2.32. The van der Waals surface area contributed by atoms with E-state index in [1.54, 1.807) is 5.38 Å². The van der Waals surface area contributed by atoms with E-state index in [0.29, 0.717) is 5.69 Å². The van der Waals surface area contributed by atoms with Crippen molar-refractivity contribution in [2.24, 2.45) is 5.41 Å². The molecule has 0 spiro atoms. The van der Waals surface area contributed by atoms with Gasteiger partial charge in [0.05, 0.1) is 6.04 Å².